The van der Waals surface area contributed by atoms with E-state index in [9.17, 15) is 19.5 Å². The summed E-state index contributed by atoms with van der Waals surface area (Å²) in [6.07, 6.45) is 5.01. The van der Waals surface area contributed by atoms with Gasteiger partial charge in [0.05, 0.1) is 6.10 Å². The molecule has 0 aromatic heterocycles. The van der Waals surface area contributed by atoms with Gasteiger partial charge >= 0.3 is 0 Å². The van der Waals surface area contributed by atoms with Crippen molar-refractivity contribution in [3.8, 4) is 11.5 Å². The highest BCUT2D eigenvalue weighted by Crippen LogP contribution is 2.37. The standard InChI is InChI=1S/C32H42N4O5/c1-3-4-18-36-30(39)27(28(37)23-6-5-7-23)34-31(40)32(36)16-19-35(20-17-32)21-22-8-12-25(13-9-22)41-26-14-10-24(11-15-26)29(38)33-2/h8-15,23,27-28,37H,3-7,16-21H2,1-2H3,(H,33,38)(H,34,40)/t27-,28-/m1/s1. The molecule has 41 heavy (non-hydrogen) atoms. The molecule has 1 spiro atoms. The third-order valence-electron chi connectivity index (χ3n) is 9.06. The molecule has 2 saturated heterocycles. The highest BCUT2D eigenvalue weighted by Gasteiger charge is 2.55. The zero-order valence-corrected chi connectivity index (χ0v) is 24.1. The monoisotopic (exact) mass is 562 g/mol. The first-order chi connectivity index (χ1) is 19.8. The summed E-state index contributed by atoms with van der Waals surface area (Å²) in [5.41, 5.74) is 0.871. The van der Waals surface area contributed by atoms with Crippen LogP contribution in [0.1, 0.15) is 67.8 Å². The molecule has 3 N–H and O–H groups in total. The zero-order chi connectivity index (χ0) is 29.0. The molecular formula is C32H42N4O5. The van der Waals surface area contributed by atoms with Crippen molar-refractivity contribution >= 4 is 17.7 Å². The molecule has 1 aliphatic carbocycles. The lowest BCUT2D eigenvalue weighted by Gasteiger charge is -2.53. The minimum atomic E-state index is -0.844. The van der Waals surface area contributed by atoms with Gasteiger partial charge in [-0.3, -0.25) is 19.3 Å². The lowest BCUT2D eigenvalue weighted by molar-refractivity contribution is -0.166. The Morgan fingerprint density at radius 2 is 1.71 bits per heavy atom. The second-order valence-electron chi connectivity index (χ2n) is 11.6. The fraction of sp³-hybridized carbons (Fsp3) is 0.531. The summed E-state index contributed by atoms with van der Waals surface area (Å²) in [6.45, 7) is 4.78. The van der Waals surface area contributed by atoms with Gasteiger partial charge in [-0.15, -0.1) is 0 Å². The molecule has 3 fully saturated rings. The molecule has 0 radical (unpaired) electrons. The number of aliphatic hydroxyl groups excluding tert-OH is 1. The van der Waals surface area contributed by atoms with Crippen molar-refractivity contribution in [3.05, 3.63) is 59.7 Å². The first-order valence-electron chi connectivity index (χ1n) is 15.0. The van der Waals surface area contributed by atoms with Crippen LogP contribution in [0, 0.1) is 5.92 Å². The van der Waals surface area contributed by atoms with Crippen LogP contribution in [0.25, 0.3) is 0 Å². The quantitative estimate of drug-likeness (QED) is 0.409. The Hall–Kier alpha value is -3.43. The minimum absolute atomic E-state index is 0.0968. The molecule has 3 amide bonds. The average molecular weight is 563 g/mol. The van der Waals surface area contributed by atoms with E-state index < -0.39 is 17.7 Å². The van der Waals surface area contributed by atoms with E-state index in [0.717, 1.165) is 44.2 Å². The number of ether oxygens (including phenoxy) is 1. The predicted octanol–water partition coefficient (Wildman–Crippen LogP) is 3.46. The second-order valence-corrected chi connectivity index (χ2v) is 11.6. The van der Waals surface area contributed by atoms with E-state index in [2.05, 4.69) is 22.5 Å². The van der Waals surface area contributed by atoms with Crippen LogP contribution in [0.3, 0.4) is 0 Å². The Morgan fingerprint density at radius 1 is 1.07 bits per heavy atom. The number of hydrogen-bond donors (Lipinski definition) is 3. The van der Waals surface area contributed by atoms with Gasteiger partial charge in [0.2, 0.25) is 11.8 Å². The number of amides is 3. The van der Waals surface area contributed by atoms with Crippen LogP contribution in [0.15, 0.2) is 48.5 Å². The highest BCUT2D eigenvalue weighted by molar-refractivity contribution is 6.00. The summed E-state index contributed by atoms with van der Waals surface area (Å²) >= 11 is 0. The van der Waals surface area contributed by atoms with Crippen LogP contribution in [0.4, 0.5) is 0 Å². The van der Waals surface area contributed by atoms with E-state index in [1.54, 1.807) is 31.3 Å². The first kappa shape index (κ1) is 29.1. The first-order valence-corrected chi connectivity index (χ1v) is 15.0. The normalized spacial score (nSPS) is 21.7. The number of hydrogen-bond acceptors (Lipinski definition) is 6. The lowest BCUT2D eigenvalue weighted by Crippen LogP contribution is -2.75. The van der Waals surface area contributed by atoms with E-state index in [1.165, 1.54) is 0 Å². The van der Waals surface area contributed by atoms with Gasteiger partial charge in [0.15, 0.2) is 0 Å². The Kier molecular flexibility index (Phi) is 8.94. The number of carbonyl (C=O) groups is 3. The van der Waals surface area contributed by atoms with Crippen molar-refractivity contribution < 1.29 is 24.2 Å². The number of piperidine rings is 1. The summed E-state index contributed by atoms with van der Waals surface area (Å²) < 4.78 is 5.94. The van der Waals surface area contributed by atoms with Crippen LogP contribution in [0.2, 0.25) is 0 Å². The minimum Gasteiger partial charge on any atom is -0.457 e. The van der Waals surface area contributed by atoms with Gasteiger partial charge in [-0.2, -0.15) is 0 Å². The van der Waals surface area contributed by atoms with E-state index in [4.69, 9.17) is 4.74 Å². The number of benzene rings is 2. The molecule has 5 rings (SSSR count). The predicted molar refractivity (Wildman–Crippen MR) is 155 cm³/mol. The maximum absolute atomic E-state index is 13.6. The number of aliphatic hydroxyl groups is 1. The average Bonchev–Trinajstić information content (AvgIpc) is 2.96. The largest absolute Gasteiger partial charge is 0.457 e. The van der Waals surface area contributed by atoms with Gasteiger partial charge in [0, 0.05) is 38.8 Å². The van der Waals surface area contributed by atoms with Gasteiger partial charge in [-0.05, 0) is 80.0 Å². The fourth-order valence-corrected chi connectivity index (χ4v) is 6.22. The molecule has 2 aromatic carbocycles. The number of unbranched alkanes of at least 4 members (excludes halogenated alkanes) is 1. The van der Waals surface area contributed by atoms with Gasteiger partial charge in [0.1, 0.15) is 23.1 Å². The molecule has 9 heteroatoms. The Labute approximate surface area is 242 Å². The van der Waals surface area contributed by atoms with Crippen LogP contribution in [-0.2, 0) is 16.1 Å². The Bertz CT molecular complexity index is 1220. The molecule has 0 unspecified atom stereocenters. The molecule has 2 atom stereocenters. The van der Waals surface area contributed by atoms with Crippen molar-refractivity contribution in [1.82, 2.24) is 20.4 Å². The maximum Gasteiger partial charge on any atom is 0.251 e. The number of nitrogens with one attached hydrogen (secondary N) is 2. The molecule has 0 bridgehead atoms. The Balaban J connectivity index is 1.19. The van der Waals surface area contributed by atoms with E-state index in [0.29, 0.717) is 49.5 Å². The SMILES string of the molecule is CCCCN1C(=O)[C@@H]([C@H](O)C2CCC2)NC(=O)C12CCN(Cc1ccc(Oc3ccc(C(=O)NC)cc3)cc1)CC2. The molecule has 2 heterocycles. The molecule has 2 aromatic rings. The molecular weight excluding hydrogens is 520 g/mol. The smallest absolute Gasteiger partial charge is 0.251 e. The number of rotatable bonds is 10. The molecule has 3 aliphatic rings. The fourth-order valence-electron chi connectivity index (χ4n) is 6.22. The molecule has 1 saturated carbocycles. The number of likely N-dealkylation sites (tertiary alicyclic amines) is 1. The topological polar surface area (TPSA) is 111 Å². The molecule has 2 aliphatic heterocycles. The number of carbonyl (C=O) groups excluding carboxylic acids is 3. The van der Waals surface area contributed by atoms with Crippen LogP contribution in [-0.4, -0.2) is 77.0 Å². The number of nitrogens with zero attached hydrogens (tertiary/aromatic N) is 2. The maximum atomic E-state index is 13.6. The van der Waals surface area contributed by atoms with Crippen LogP contribution in [0.5, 0.6) is 11.5 Å². The third kappa shape index (κ3) is 6.11. The summed E-state index contributed by atoms with van der Waals surface area (Å²) in [5, 5.41) is 16.4. The molecule has 220 valence electrons. The zero-order valence-electron chi connectivity index (χ0n) is 24.1. The van der Waals surface area contributed by atoms with Crippen molar-refractivity contribution in [3.63, 3.8) is 0 Å². The van der Waals surface area contributed by atoms with Gasteiger partial charge in [-0.25, -0.2) is 0 Å². The second kappa shape index (κ2) is 12.6. The van der Waals surface area contributed by atoms with Crippen molar-refractivity contribution in [2.75, 3.05) is 26.7 Å². The van der Waals surface area contributed by atoms with Crippen LogP contribution >= 0.6 is 0 Å². The van der Waals surface area contributed by atoms with Gasteiger partial charge in [0.25, 0.3) is 5.91 Å². The van der Waals surface area contributed by atoms with Crippen molar-refractivity contribution in [2.45, 2.75) is 76.1 Å². The van der Waals surface area contributed by atoms with Gasteiger partial charge < -0.3 is 25.4 Å². The van der Waals surface area contributed by atoms with Crippen LogP contribution < -0.4 is 15.4 Å². The summed E-state index contributed by atoms with van der Waals surface area (Å²) in [5.74, 6) is 1.09. The summed E-state index contributed by atoms with van der Waals surface area (Å²) in [7, 11) is 1.60. The number of piperazine rings is 1. The van der Waals surface area contributed by atoms with E-state index >= 15 is 0 Å². The van der Waals surface area contributed by atoms with Crippen molar-refractivity contribution in [1.29, 1.82) is 0 Å². The lowest BCUT2D eigenvalue weighted by atomic mass is 9.75. The van der Waals surface area contributed by atoms with E-state index in [-0.39, 0.29) is 23.6 Å². The molecule has 9 nitrogen and oxygen atoms in total. The van der Waals surface area contributed by atoms with Crippen molar-refractivity contribution in [2.24, 2.45) is 5.92 Å². The Morgan fingerprint density at radius 3 is 2.27 bits per heavy atom. The summed E-state index contributed by atoms with van der Waals surface area (Å²) in [6, 6.07) is 14.1. The van der Waals surface area contributed by atoms with Gasteiger partial charge in [-0.1, -0.05) is 31.9 Å². The summed E-state index contributed by atoms with van der Waals surface area (Å²) in [4.78, 5) is 43.1. The van der Waals surface area contributed by atoms with E-state index in [1.807, 2.05) is 29.2 Å². The highest BCUT2D eigenvalue weighted by atomic mass is 16.5. The third-order valence-corrected chi connectivity index (χ3v) is 9.06.